The Morgan fingerprint density at radius 1 is 1.21 bits per heavy atom. The predicted octanol–water partition coefficient (Wildman–Crippen LogP) is 4.41. The second-order valence-corrected chi connectivity index (χ2v) is 7.68. The first-order chi connectivity index (χ1) is 16.3. The standard InChI is InChI=1S/C23H18BrN3O7/c1-15-4-7-21(19(11-15)27(30)31)33-14-22(28)26-25-13-16-12-17(24)5-8-20(16)34-23(29)9-6-18-3-2-10-32-18/h2-13H,14H2,1H3,(H,26,28). The van der Waals surface area contributed by atoms with Gasteiger partial charge in [0.25, 0.3) is 5.91 Å². The summed E-state index contributed by atoms with van der Waals surface area (Å²) in [6, 6.07) is 12.7. The summed E-state index contributed by atoms with van der Waals surface area (Å²) in [4.78, 5) is 34.7. The molecule has 0 aliphatic heterocycles. The monoisotopic (exact) mass is 527 g/mol. The number of carbonyl (C=O) groups is 2. The quantitative estimate of drug-likeness (QED) is 0.109. The molecule has 174 valence electrons. The fourth-order valence-electron chi connectivity index (χ4n) is 2.63. The van der Waals surface area contributed by atoms with Gasteiger partial charge in [-0.15, -0.1) is 0 Å². The van der Waals surface area contributed by atoms with Crippen molar-refractivity contribution in [3.8, 4) is 11.5 Å². The summed E-state index contributed by atoms with van der Waals surface area (Å²) in [6.45, 7) is 1.22. The Balaban J connectivity index is 1.60. The highest BCUT2D eigenvalue weighted by atomic mass is 79.9. The number of halogens is 1. The minimum absolute atomic E-state index is 0.0291. The van der Waals surface area contributed by atoms with Gasteiger partial charge in [-0.2, -0.15) is 5.10 Å². The van der Waals surface area contributed by atoms with Crippen LogP contribution < -0.4 is 14.9 Å². The molecule has 1 N–H and O–H groups in total. The average molecular weight is 528 g/mol. The van der Waals surface area contributed by atoms with Crippen molar-refractivity contribution in [1.82, 2.24) is 5.43 Å². The lowest BCUT2D eigenvalue weighted by molar-refractivity contribution is -0.385. The van der Waals surface area contributed by atoms with Gasteiger partial charge < -0.3 is 13.9 Å². The number of hydrogen-bond acceptors (Lipinski definition) is 8. The molecule has 3 rings (SSSR count). The largest absolute Gasteiger partial charge is 0.477 e. The van der Waals surface area contributed by atoms with Crippen LogP contribution in [-0.4, -0.2) is 29.6 Å². The van der Waals surface area contributed by atoms with Gasteiger partial charge in [-0.3, -0.25) is 14.9 Å². The Hall–Kier alpha value is -4.25. The zero-order valence-electron chi connectivity index (χ0n) is 17.8. The molecule has 1 amide bonds. The lowest BCUT2D eigenvalue weighted by Gasteiger charge is -2.07. The van der Waals surface area contributed by atoms with Crippen LogP contribution in [-0.2, 0) is 9.59 Å². The van der Waals surface area contributed by atoms with Crippen LogP contribution in [0.4, 0.5) is 5.69 Å². The van der Waals surface area contributed by atoms with E-state index in [9.17, 15) is 19.7 Å². The molecule has 2 aromatic carbocycles. The van der Waals surface area contributed by atoms with Crippen LogP contribution in [0.25, 0.3) is 6.08 Å². The van der Waals surface area contributed by atoms with Crippen molar-refractivity contribution in [3.05, 3.63) is 92.3 Å². The van der Waals surface area contributed by atoms with E-state index in [1.54, 1.807) is 43.3 Å². The Bertz CT molecular complexity index is 1250. The highest BCUT2D eigenvalue weighted by Crippen LogP contribution is 2.27. The molecule has 0 radical (unpaired) electrons. The number of amides is 1. The van der Waals surface area contributed by atoms with Gasteiger partial charge in [0.2, 0.25) is 0 Å². The first kappa shape index (κ1) is 24.4. The fraction of sp³-hybridized carbons (Fsp3) is 0.0870. The van der Waals surface area contributed by atoms with Crippen molar-refractivity contribution in [3.63, 3.8) is 0 Å². The van der Waals surface area contributed by atoms with Crippen molar-refractivity contribution in [2.24, 2.45) is 5.10 Å². The van der Waals surface area contributed by atoms with Crippen LogP contribution in [0.2, 0.25) is 0 Å². The van der Waals surface area contributed by atoms with Crippen molar-refractivity contribution >= 4 is 45.8 Å². The zero-order chi connectivity index (χ0) is 24.5. The van der Waals surface area contributed by atoms with Crippen LogP contribution in [0, 0.1) is 17.0 Å². The van der Waals surface area contributed by atoms with Gasteiger partial charge in [-0.05, 0) is 55.0 Å². The van der Waals surface area contributed by atoms with Crippen LogP contribution in [0.3, 0.4) is 0 Å². The van der Waals surface area contributed by atoms with Gasteiger partial charge in [0, 0.05) is 22.2 Å². The van der Waals surface area contributed by atoms with E-state index in [2.05, 4.69) is 26.5 Å². The number of esters is 1. The van der Waals surface area contributed by atoms with Gasteiger partial charge in [0.1, 0.15) is 11.5 Å². The van der Waals surface area contributed by atoms with E-state index in [0.717, 1.165) is 0 Å². The van der Waals surface area contributed by atoms with E-state index in [4.69, 9.17) is 13.9 Å². The molecule has 0 aliphatic rings. The molecule has 0 saturated heterocycles. The maximum atomic E-state index is 12.1. The van der Waals surface area contributed by atoms with Crippen LogP contribution in [0.5, 0.6) is 11.5 Å². The summed E-state index contributed by atoms with van der Waals surface area (Å²) in [5, 5.41) is 15.0. The summed E-state index contributed by atoms with van der Waals surface area (Å²) in [6.07, 6.45) is 5.45. The SMILES string of the molecule is Cc1ccc(OCC(=O)NN=Cc2cc(Br)ccc2OC(=O)C=Cc2ccco2)c([N+](=O)[O-])c1. The van der Waals surface area contributed by atoms with E-state index >= 15 is 0 Å². The van der Waals surface area contributed by atoms with Crippen molar-refractivity contribution in [2.75, 3.05) is 6.61 Å². The normalized spacial score (nSPS) is 11.0. The summed E-state index contributed by atoms with van der Waals surface area (Å²) in [7, 11) is 0. The maximum absolute atomic E-state index is 12.1. The maximum Gasteiger partial charge on any atom is 0.336 e. The highest BCUT2D eigenvalue weighted by molar-refractivity contribution is 9.10. The molecule has 11 heteroatoms. The number of furan rings is 1. The van der Waals surface area contributed by atoms with Crippen molar-refractivity contribution < 1.29 is 28.4 Å². The first-order valence-corrected chi connectivity index (χ1v) is 10.5. The number of hydrogen-bond donors (Lipinski definition) is 1. The fourth-order valence-corrected chi connectivity index (χ4v) is 3.01. The number of nitro groups is 1. The lowest BCUT2D eigenvalue weighted by Crippen LogP contribution is -2.24. The molecule has 0 unspecified atom stereocenters. The number of ether oxygens (including phenoxy) is 2. The van der Waals surface area contributed by atoms with Gasteiger partial charge in [-0.25, -0.2) is 10.2 Å². The topological polar surface area (TPSA) is 133 Å². The third-order valence-electron chi connectivity index (χ3n) is 4.17. The molecule has 0 spiro atoms. The Morgan fingerprint density at radius 2 is 2.00 bits per heavy atom. The minimum Gasteiger partial charge on any atom is -0.477 e. The lowest BCUT2D eigenvalue weighted by atomic mass is 10.2. The van der Waals surface area contributed by atoms with Gasteiger partial charge in [0.15, 0.2) is 12.4 Å². The Labute approximate surface area is 202 Å². The molecule has 3 aromatic rings. The number of hydrazone groups is 1. The number of rotatable bonds is 9. The number of nitrogens with one attached hydrogen (secondary N) is 1. The van der Waals surface area contributed by atoms with E-state index in [0.29, 0.717) is 21.4 Å². The molecule has 0 fully saturated rings. The van der Waals surface area contributed by atoms with E-state index < -0.39 is 23.4 Å². The molecule has 0 atom stereocenters. The highest BCUT2D eigenvalue weighted by Gasteiger charge is 2.16. The van der Waals surface area contributed by atoms with Crippen molar-refractivity contribution in [1.29, 1.82) is 0 Å². The third-order valence-corrected chi connectivity index (χ3v) is 4.67. The smallest absolute Gasteiger partial charge is 0.336 e. The first-order valence-electron chi connectivity index (χ1n) is 9.74. The minimum atomic E-state index is -0.638. The molecule has 1 aromatic heterocycles. The summed E-state index contributed by atoms with van der Waals surface area (Å²) in [5.74, 6) is -0.595. The molecule has 1 heterocycles. The van der Waals surface area contributed by atoms with E-state index in [1.165, 1.54) is 36.8 Å². The van der Waals surface area contributed by atoms with Gasteiger partial charge in [0.05, 0.1) is 17.4 Å². The Morgan fingerprint density at radius 3 is 2.74 bits per heavy atom. The molecule has 0 aliphatic carbocycles. The van der Waals surface area contributed by atoms with Gasteiger partial charge in [-0.1, -0.05) is 22.0 Å². The van der Waals surface area contributed by atoms with Crippen molar-refractivity contribution in [2.45, 2.75) is 6.92 Å². The summed E-state index contributed by atoms with van der Waals surface area (Å²) >= 11 is 3.32. The van der Waals surface area contributed by atoms with E-state index in [1.807, 2.05) is 0 Å². The predicted molar refractivity (Wildman–Crippen MR) is 127 cm³/mol. The third kappa shape index (κ3) is 7.14. The second kappa shape index (κ2) is 11.6. The molecule has 0 bridgehead atoms. The molecule has 0 saturated carbocycles. The number of aryl methyl sites for hydroxylation is 1. The number of nitro benzene ring substituents is 1. The molecular weight excluding hydrogens is 510 g/mol. The Kier molecular flexibility index (Phi) is 8.30. The molecule has 10 nitrogen and oxygen atoms in total. The molecule has 34 heavy (non-hydrogen) atoms. The van der Waals surface area contributed by atoms with E-state index in [-0.39, 0.29) is 17.2 Å². The summed E-state index contributed by atoms with van der Waals surface area (Å²) < 4.78 is 16.4. The van der Waals surface area contributed by atoms with Gasteiger partial charge >= 0.3 is 11.7 Å². The second-order valence-electron chi connectivity index (χ2n) is 6.76. The number of carbonyl (C=O) groups excluding carboxylic acids is 2. The zero-order valence-corrected chi connectivity index (χ0v) is 19.4. The summed E-state index contributed by atoms with van der Waals surface area (Å²) in [5.41, 5.74) is 3.12. The number of benzene rings is 2. The average Bonchev–Trinajstić information content (AvgIpc) is 3.32. The van der Waals surface area contributed by atoms with Crippen LogP contribution in [0.1, 0.15) is 16.9 Å². The molecular formula is C23H18BrN3O7. The van der Waals surface area contributed by atoms with Crippen LogP contribution >= 0.6 is 15.9 Å². The number of nitrogens with zero attached hydrogens (tertiary/aromatic N) is 2. The van der Waals surface area contributed by atoms with Crippen LogP contribution in [0.15, 0.2) is 74.9 Å².